The Morgan fingerprint density at radius 3 is 2.73 bits per heavy atom. The highest BCUT2D eigenvalue weighted by Crippen LogP contribution is 2.24. The van der Waals surface area contributed by atoms with Crippen molar-refractivity contribution in [2.45, 2.75) is 0 Å². The molecule has 1 aromatic rings. The van der Waals surface area contributed by atoms with Crippen molar-refractivity contribution >= 4 is 23.0 Å². The van der Waals surface area contributed by atoms with E-state index in [2.05, 4.69) is 6.07 Å². The van der Waals surface area contributed by atoms with Crippen LogP contribution in [0.25, 0.3) is 0 Å². The van der Waals surface area contributed by atoms with Crippen molar-refractivity contribution in [2.24, 2.45) is 0 Å². The molecule has 0 aliphatic rings. The second kappa shape index (κ2) is 2.69. The van der Waals surface area contributed by atoms with Gasteiger partial charge in [-0.2, -0.15) is 5.26 Å². The summed E-state index contributed by atoms with van der Waals surface area (Å²) in [6, 6.07) is 5.88. The molecular weight excluding hydrogens is 162 g/mol. The van der Waals surface area contributed by atoms with Crippen LogP contribution in [0.2, 0.25) is 5.02 Å². The van der Waals surface area contributed by atoms with E-state index in [4.69, 9.17) is 28.3 Å². The van der Waals surface area contributed by atoms with E-state index in [0.717, 1.165) is 0 Å². The number of nitrogens with zero attached hydrogens (tertiary/aromatic N) is 1. The number of rotatable bonds is 0. The Morgan fingerprint density at radius 1 is 1.55 bits per heavy atom. The van der Waals surface area contributed by atoms with Crippen LogP contribution in [0.3, 0.4) is 0 Å². The van der Waals surface area contributed by atoms with Crippen LogP contribution in [0, 0.1) is 17.4 Å². The van der Waals surface area contributed by atoms with E-state index in [1.54, 1.807) is 0 Å². The van der Waals surface area contributed by atoms with Gasteiger partial charge in [0.15, 0.2) is 0 Å². The predicted octanol–water partition coefficient (Wildman–Crippen LogP) is 1.18. The molecule has 0 saturated carbocycles. The van der Waals surface area contributed by atoms with Crippen molar-refractivity contribution in [3.05, 3.63) is 22.7 Å². The van der Waals surface area contributed by atoms with Crippen molar-refractivity contribution in [3.63, 3.8) is 0 Å². The number of nitriles is 1. The summed E-state index contributed by atoms with van der Waals surface area (Å²) < 4.78 is 0. The summed E-state index contributed by atoms with van der Waals surface area (Å²) in [4.78, 5) is 0. The van der Waals surface area contributed by atoms with Gasteiger partial charge in [0.2, 0.25) is 0 Å². The third-order valence-electron chi connectivity index (χ3n) is 1.17. The zero-order valence-corrected chi connectivity index (χ0v) is 6.31. The molecule has 0 aliphatic heterocycles. The molecule has 0 heterocycles. The summed E-state index contributed by atoms with van der Waals surface area (Å²) in [6.07, 6.45) is 0. The van der Waals surface area contributed by atoms with Crippen LogP contribution in [0.4, 0.5) is 11.4 Å². The molecule has 0 amide bonds. The monoisotopic (exact) mass is 166 g/mol. The van der Waals surface area contributed by atoms with E-state index >= 15 is 0 Å². The van der Waals surface area contributed by atoms with E-state index in [-0.39, 0.29) is 16.3 Å². The van der Waals surface area contributed by atoms with Crippen molar-refractivity contribution in [3.8, 4) is 6.07 Å². The molecule has 1 rings (SSSR count). The molecule has 0 spiro atoms. The van der Waals surface area contributed by atoms with Crippen LogP contribution in [0.15, 0.2) is 6.07 Å². The number of hydrogen-bond donors (Lipinski definition) is 2. The van der Waals surface area contributed by atoms with E-state index in [1.165, 1.54) is 6.07 Å². The number of benzene rings is 1. The molecule has 4 N–H and O–H groups in total. The quantitative estimate of drug-likeness (QED) is 0.569. The summed E-state index contributed by atoms with van der Waals surface area (Å²) in [6.45, 7) is 0. The Bertz CT molecular complexity index is 327. The van der Waals surface area contributed by atoms with Crippen LogP contribution in [-0.2, 0) is 0 Å². The predicted molar refractivity (Wildman–Crippen MR) is 43.8 cm³/mol. The molecule has 55 valence electrons. The molecule has 0 unspecified atom stereocenters. The minimum atomic E-state index is 0.210. The maximum Gasteiger partial charge on any atom is 0.101 e. The number of anilines is 2. The third-order valence-corrected chi connectivity index (χ3v) is 1.58. The van der Waals surface area contributed by atoms with Gasteiger partial charge in [0.05, 0.1) is 16.3 Å². The Morgan fingerprint density at radius 2 is 2.18 bits per heavy atom. The molecular formula is C7H5ClN3. The molecule has 1 aromatic carbocycles. The van der Waals surface area contributed by atoms with Crippen LogP contribution in [0.1, 0.15) is 5.56 Å². The van der Waals surface area contributed by atoms with E-state index in [0.29, 0.717) is 5.69 Å². The van der Waals surface area contributed by atoms with Gasteiger partial charge in [-0.15, -0.1) is 0 Å². The first-order chi connectivity index (χ1) is 5.15. The standard InChI is InChI=1S/C7H5ClN3/c8-7-4(3-9)1-5(10)2-6(7)11/h1H,10-11H2. The maximum atomic E-state index is 8.51. The molecule has 0 bridgehead atoms. The lowest BCUT2D eigenvalue weighted by Gasteiger charge is -1.99. The Balaban J connectivity index is 3.39. The van der Waals surface area contributed by atoms with Gasteiger partial charge in [-0.05, 0) is 6.07 Å². The highest BCUT2D eigenvalue weighted by atomic mass is 35.5. The molecule has 4 heteroatoms. The second-order valence-corrected chi connectivity index (χ2v) is 2.36. The SMILES string of the molecule is N#Cc1cc(N)[c]c(N)c1Cl. The van der Waals surface area contributed by atoms with Crippen LogP contribution in [-0.4, -0.2) is 0 Å². The first kappa shape index (κ1) is 7.70. The first-order valence-corrected chi connectivity index (χ1v) is 3.20. The van der Waals surface area contributed by atoms with Gasteiger partial charge < -0.3 is 11.5 Å². The number of nitrogens with two attached hydrogens (primary N) is 2. The van der Waals surface area contributed by atoms with Crippen LogP contribution >= 0.6 is 11.6 Å². The fourth-order valence-corrected chi connectivity index (χ4v) is 0.836. The lowest BCUT2D eigenvalue weighted by Crippen LogP contribution is -1.93. The highest BCUT2D eigenvalue weighted by Gasteiger charge is 2.04. The fourth-order valence-electron chi connectivity index (χ4n) is 0.692. The first-order valence-electron chi connectivity index (χ1n) is 2.82. The largest absolute Gasteiger partial charge is 0.398 e. The minimum Gasteiger partial charge on any atom is -0.398 e. The molecule has 0 aliphatic carbocycles. The van der Waals surface area contributed by atoms with Crippen molar-refractivity contribution < 1.29 is 0 Å². The van der Waals surface area contributed by atoms with Gasteiger partial charge in [0, 0.05) is 11.8 Å². The zero-order valence-electron chi connectivity index (χ0n) is 5.56. The summed E-state index contributed by atoms with van der Waals surface area (Å²) in [5, 5.41) is 8.72. The van der Waals surface area contributed by atoms with Gasteiger partial charge in [0.25, 0.3) is 0 Å². The molecule has 11 heavy (non-hydrogen) atoms. The van der Waals surface area contributed by atoms with E-state index in [1.807, 2.05) is 6.07 Å². The van der Waals surface area contributed by atoms with Crippen molar-refractivity contribution in [1.82, 2.24) is 0 Å². The minimum absolute atomic E-state index is 0.210. The maximum absolute atomic E-state index is 8.51. The van der Waals surface area contributed by atoms with Crippen LogP contribution < -0.4 is 11.5 Å². The summed E-state index contributed by atoms with van der Waals surface area (Å²) >= 11 is 5.63. The van der Waals surface area contributed by atoms with E-state index in [9.17, 15) is 0 Å². The van der Waals surface area contributed by atoms with E-state index < -0.39 is 0 Å². The highest BCUT2D eigenvalue weighted by molar-refractivity contribution is 6.34. The topological polar surface area (TPSA) is 75.8 Å². The molecule has 0 fully saturated rings. The lowest BCUT2D eigenvalue weighted by molar-refractivity contribution is 1.48. The normalized spacial score (nSPS) is 9.09. The molecule has 1 radical (unpaired) electrons. The smallest absolute Gasteiger partial charge is 0.101 e. The zero-order chi connectivity index (χ0) is 8.43. The molecule has 0 saturated heterocycles. The summed E-state index contributed by atoms with van der Waals surface area (Å²) in [5.74, 6) is 0. The van der Waals surface area contributed by atoms with Gasteiger partial charge in [-0.25, -0.2) is 0 Å². The van der Waals surface area contributed by atoms with Gasteiger partial charge in [-0.1, -0.05) is 11.6 Å². The summed E-state index contributed by atoms with van der Waals surface area (Å²) in [7, 11) is 0. The van der Waals surface area contributed by atoms with Crippen molar-refractivity contribution in [1.29, 1.82) is 5.26 Å². The molecule has 3 nitrogen and oxygen atoms in total. The molecule has 0 atom stereocenters. The van der Waals surface area contributed by atoms with Gasteiger partial charge >= 0.3 is 0 Å². The second-order valence-electron chi connectivity index (χ2n) is 1.98. The average Bonchev–Trinajstić information content (AvgIpc) is 1.96. The van der Waals surface area contributed by atoms with Gasteiger partial charge in [0.1, 0.15) is 6.07 Å². The van der Waals surface area contributed by atoms with Crippen molar-refractivity contribution in [2.75, 3.05) is 11.5 Å². The Kier molecular flexibility index (Phi) is 1.88. The van der Waals surface area contributed by atoms with Gasteiger partial charge in [-0.3, -0.25) is 0 Å². The lowest BCUT2D eigenvalue weighted by atomic mass is 10.2. The van der Waals surface area contributed by atoms with Crippen LogP contribution in [0.5, 0.6) is 0 Å². The summed E-state index contributed by atoms with van der Waals surface area (Å²) in [5.41, 5.74) is 11.5. The Hall–Kier alpha value is -1.40. The fraction of sp³-hybridized carbons (Fsp3) is 0. The number of nitrogen functional groups attached to an aromatic ring is 2. The third kappa shape index (κ3) is 1.36. The Labute approximate surface area is 69.2 Å². The number of hydrogen-bond acceptors (Lipinski definition) is 3. The average molecular weight is 167 g/mol. The molecule has 0 aromatic heterocycles. The number of halogens is 1.